The number of aliphatic hydroxyl groups is 1. The molecule has 1 rings (SSSR count). The molecule has 0 bridgehead atoms. The lowest BCUT2D eigenvalue weighted by atomic mass is 10.1. The minimum Gasteiger partial charge on any atom is -0.477 e. The fourth-order valence-electron chi connectivity index (χ4n) is 1.60. The van der Waals surface area contributed by atoms with Crippen molar-refractivity contribution in [3.05, 3.63) is 33.9 Å². The summed E-state index contributed by atoms with van der Waals surface area (Å²) >= 11 is 0. The highest BCUT2D eigenvalue weighted by Crippen LogP contribution is 2.24. The molecule has 0 aliphatic heterocycles. The van der Waals surface area contributed by atoms with Gasteiger partial charge in [0.05, 0.1) is 11.0 Å². The molecule has 2 N–H and O–H groups in total. The molecule has 7 nitrogen and oxygen atoms in total. The lowest BCUT2D eigenvalue weighted by Crippen LogP contribution is -2.22. The molecule has 0 radical (unpaired) electrons. The predicted octanol–water partition coefficient (Wildman–Crippen LogP) is 1.50. The second-order valence-corrected chi connectivity index (χ2v) is 4.32. The Kier molecular flexibility index (Phi) is 4.82. The average molecular weight is 268 g/mol. The molecule has 19 heavy (non-hydrogen) atoms. The summed E-state index contributed by atoms with van der Waals surface area (Å²) in [6.45, 7) is 2.18. The Bertz CT molecular complexity index is 487. The number of benzene rings is 1. The van der Waals surface area contributed by atoms with E-state index in [1.165, 1.54) is 18.2 Å². The van der Waals surface area contributed by atoms with E-state index in [1.807, 2.05) is 0 Å². The van der Waals surface area contributed by atoms with Gasteiger partial charge in [0.25, 0.3) is 5.69 Å². The van der Waals surface area contributed by atoms with E-state index in [4.69, 9.17) is 5.11 Å². The number of carbonyl (C=O) groups is 1. The Morgan fingerprint density at radius 3 is 2.63 bits per heavy atom. The summed E-state index contributed by atoms with van der Waals surface area (Å²) in [7, 11) is 1.73. The summed E-state index contributed by atoms with van der Waals surface area (Å²) in [6.07, 6.45) is 0.0649. The maximum absolute atomic E-state index is 11.0. The van der Waals surface area contributed by atoms with Gasteiger partial charge in [0.2, 0.25) is 0 Å². The topological polar surface area (TPSA) is 104 Å². The Hall–Kier alpha value is -2.15. The number of rotatable bonds is 6. The van der Waals surface area contributed by atoms with Gasteiger partial charge in [-0.1, -0.05) is 0 Å². The van der Waals surface area contributed by atoms with E-state index in [0.29, 0.717) is 18.7 Å². The van der Waals surface area contributed by atoms with Gasteiger partial charge in [-0.25, -0.2) is 4.79 Å². The van der Waals surface area contributed by atoms with Crippen molar-refractivity contribution in [2.75, 3.05) is 18.5 Å². The number of hydrogen-bond acceptors (Lipinski definition) is 5. The van der Waals surface area contributed by atoms with Crippen LogP contribution in [-0.2, 0) is 0 Å². The second-order valence-electron chi connectivity index (χ2n) is 4.32. The third-order valence-electron chi connectivity index (χ3n) is 2.73. The van der Waals surface area contributed by atoms with Crippen molar-refractivity contribution in [3.63, 3.8) is 0 Å². The molecule has 104 valence electrons. The smallest absolute Gasteiger partial charge is 0.342 e. The van der Waals surface area contributed by atoms with Gasteiger partial charge >= 0.3 is 5.97 Å². The van der Waals surface area contributed by atoms with E-state index in [9.17, 15) is 20.0 Å². The Balaban J connectivity index is 3.01. The largest absolute Gasteiger partial charge is 0.477 e. The van der Waals surface area contributed by atoms with Crippen molar-refractivity contribution in [1.29, 1.82) is 0 Å². The second kappa shape index (κ2) is 6.14. The molecule has 0 fully saturated rings. The monoisotopic (exact) mass is 268 g/mol. The van der Waals surface area contributed by atoms with Gasteiger partial charge in [0.15, 0.2) is 0 Å². The number of hydrogen-bond donors (Lipinski definition) is 2. The third kappa shape index (κ3) is 3.92. The molecular weight excluding hydrogens is 252 g/mol. The zero-order valence-electron chi connectivity index (χ0n) is 10.7. The molecule has 1 aromatic rings. The first-order valence-corrected chi connectivity index (χ1v) is 5.74. The van der Waals surface area contributed by atoms with Gasteiger partial charge in [0, 0.05) is 25.3 Å². The number of carboxylic acids is 1. The van der Waals surface area contributed by atoms with Crippen LogP contribution in [0.3, 0.4) is 0 Å². The van der Waals surface area contributed by atoms with Crippen LogP contribution in [0.4, 0.5) is 11.4 Å². The number of nitro groups is 1. The molecular formula is C12H16N2O5. The maximum atomic E-state index is 11.0. The van der Waals surface area contributed by atoms with Crippen LogP contribution in [0.5, 0.6) is 0 Å². The van der Waals surface area contributed by atoms with E-state index in [0.717, 1.165) is 0 Å². The molecule has 1 unspecified atom stereocenters. The van der Waals surface area contributed by atoms with Crippen molar-refractivity contribution >= 4 is 17.3 Å². The van der Waals surface area contributed by atoms with Crippen LogP contribution in [0.25, 0.3) is 0 Å². The van der Waals surface area contributed by atoms with E-state index in [2.05, 4.69) is 0 Å². The Morgan fingerprint density at radius 1 is 1.53 bits per heavy atom. The zero-order chi connectivity index (χ0) is 14.6. The van der Waals surface area contributed by atoms with Crippen LogP contribution in [0, 0.1) is 10.1 Å². The van der Waals surface area contributed by atoms with E-state index < -0.39 is 22.7 Å². The third-order valence-corrected chi connectivity index (χ3v) is 2.73. The number of nitrogens with zero attached hydrogens (tertiary/aromatic N) is 2. The number of aromatic carboxylic acids is 1. The van der Waals surface area contributed by atoms with E-state index >= 15 is 0 Å². The number of carboxylic acid groups (broad SMARTS) is 1. The van der Waals surface area contributed by atoms with Gasteiger partial charge in [-0.15, -0.1) is 0 Å². The molecule has 0 saturated heterocycles. The lowest BCUT2D eigenvalue weighted by molar-refractivity contribution is -0.385. The normalized spacial score (nSPS) is 11.9. The van der Waals surface area contributed by atoms with Gasteiger partial charge < -0.3 is 15.1 Å². The number of nitro benzene ring substituents is 1. The first-order chi connectivity index (χ1) is 8.82. The molecule has 0 aliphatic carbocycles. The predicted molar refractivity (Wildman–Crippen MR) is 69.6 cm³/mol. The summed E-state index contributed by atoms with van der Waals surface area (Å²) in [4.78, 5) is 22.7. The zero-order valence-corrected chi connectivity index (χ0v) is 10.7. The van der Waals surface area contributed by atoms with Gasteiger partial charge in [0.1, 0.15) is 5.56 Å². The van der Waals surface area contributed by atoms with Crippen LogP contribution in [0.15, 0.2) is 18.2 Å². The fourth-order valence-corrected chi connectivity index (χ4v) is 1.60. The first-order valence-electron chi connectivity index (χ1n) is 5.74. The van der Waals surface area contributed by atoms with Crippen molar-refractivity contribution < 1.29 is 19.9 Å². The molecule has 0 spiro atoms. The fraction of sp³-hybridized carbons (Fsp3) is 0.417. The molecule has 0 aromatic heterocycles. The van der Waals surface area contributed by atoms with Crippen LogP contribution < -0.4 is 4.90 Å². The van der Waals surface area contributed by atoms with Gasteiger partial charge in [-0.2, -0.15) is 0 Å². The van der Waals surface area contributed by atoms with Crippen LogP contribution in [0.1, 0.15) is 23.7 Å². The summed E-state index contributed by atoms with van der Waals surface area (Å²) < 4.78 is 0. The molecule has 0 amide bonds. The molecule has 0 saturated carbocycles. The van der Waals surface area contributed by atoms with Crippen molar-refractivity contribution in [2.24, 2.45) is 0 Å². The Morgan fingerprint density at radius 2 is 2.16 bits per heavy atom. The summed E-state index contributed by atoms with van der Waals surface area (Å²) in [5.74, 6) is -1.34. The SMILES string of the molecule is CC(O)CCN(C)c1ccc([N+](=O)[O-])c(C(=O)O)c1. The minimum atomic E-state index is -1.34. The van der Waals surface area contributed by atoms with Crippen molar-refractivity contribution in [3.8, 4) is 0 Å². The lowest BCUT2D eigenvalue weighted by Gasteiger charge is -2.20. The molecule has 0 heterocycles. The highest BCUT2D eigenvalue weighted by atomic mass is 16.6. The summed E-state index contributed by atoms with van der Waals surface area (Å²) in [5.41, 5.74) is -0.213. The molecule has 1 atom stereocenters. The van der Waals surface area contributed by atoms with Crippen molar-refractivity contribution in [2.45, 2.75) is 19.4 Å². The van der Waals surface area contributed by atoms with Crippen LogP contribution in [-0.4, -0.2) is 40.8 Å². The summed E-state index contributed by atoms with van der Waals surface area (Å²) in [5, 5.41) is 28.9. The standard InChI is InChI=1S/C12H16N2O5/c1-8(15)5-6-13(2)9-3-4-11(14(18)19)10(7-9)12(16)17/h3-4,7-8,15H,5-6H2,1-2H3,(H,16,17). The number of aliphatic hydroxyl groups excluding tert-OH is 1. The van der Waals surface area contributed by atoms with Crippen LogP contribution >= 0.6 is 0 Å². The van der Waals surface area contributed by atoms with Crippen LogP contribution in [0.2, 0.25) is 0 Å². The average Bonchev–Trinajstić information content (AvgIpc) is 2.34. The van der Waals surface area contributed by atoms with E-state index in [1.54, 1.807) is 18.9 Å². The first kappa shape index (κ1) is 14.9. The maximum Gasteiger partial charge on any atom is 0.342 e. The molecule has 0 aliphatic rings. The highest BCUT2D eigenvalue weighted by Gasteiger charge is 2.20. The Labute approximate surface area is 110 Å². The molecule has 7 heteroatoms. The molecule has 1 aromatic carbocycles. The quantitative estimate of drug-likeness (QED) is 0.598. The summed E-state index contributed by atoms with van der Waals surface area (Å²) in [6, 6.07) is 3.94. The highest BCUT2D eigenvalue weighted by molar-refractivity contribution is 5.93. The van der Waals surface area contributed by atoms with E-state index in [-0.39, 0.29) is 5.56 Å². The number of anilines is 1. The van der Waals surface area contributed by atoms with Gasteiger partial charge in [-0.3, -0.25) is 10.1 Å². The van der Waals surface area contributed by atoms with Crippen molar-refractivity contribution in [1.82, 2.24) is 0 Å². The minimum absolute atomic E-state index is 0.341. The van der Waals surface area contributed by atoms with Gasteiger partial charge in [-0.05, 0) is 25.5 Å².